The number of hydrogen-bond donors (Lipinski definition) is 3. The molecule has 1 heterocycles. The molecule has 0 bridgehead atoms. The third kappa shape index (κ3) is 7.49. The zero-order valence-electron chi connectivity index (χ0n) is 17.1. The number of guanidine groups is 1. The summed E-state index contributed by atoms with van der Waals surface area (Å²) in [5.41, 5.74) is 4.14. The molecule has 7 nitrogen and oxygen atoms in total. The van der Waals surface area contributed by atoms with E-state index in [1.165, 1.54) is 5.56 Å². The Balaban J connectivity index is 0.00000392. The van der Waals surface area contributed by atoms with Crippen LogP contribution in [0.15, 0.2) is 35.5 Å². The lowest BCUT2D eigenvalue weighted by Gasteiger charge is -2.12. The van der Waals surface area contributed by atoms with Crippen molar-refractivity contribution in [2.24, 2.45) is 4.99 Å². The highest BCUT2D eigenvalue weighted by atomic mass is 127. The van der Waals surface area contributed by atoms with Gasteiger partial charge in [0.1, 0.15) is 0 Å². The van der Waals surface area contributed by atoms with E-state index in [2.05, 4.69) is 25.8 Å². The highest BCUT2D eigenvalue weighted by molar-refractivity contribution is 14.0. The van der Waals surface area contributed by atoms with Crippen molar-refractivity contribution in [1.82, 2.24) is 25.7 Å². The SMILES string of the molecule is CCNC(=NCc1ccc(C(=O)N(C)C)cc1)NCCCc1cn[nH]c1C.I. The first-order valence-electron chi connectivity index (χ1n) is 9.33. The molecule has 0 aliphatic rings. The van der Waals surface area contributed by atoms with E-state index >= 15 is 0 Å². The van der Waals surface area contributed by atoms with Gasteiger partial charge >= 0.3 is 0 Å². The lowest BCUT2D eigenvalue weighted by Crippen LogP contribution is -2.37. The van der Waals surface area contributed by atoms with Gasteiger partial charge in [0, 0.05) is 38.4 Å². The van der Waals surface area contributed by atoms with E-state index in [0.717, 1.165) is 43.1 Å². The number of carbonyl (C=O) groups excluding carboxylic acids is 1. The first kappa shape index (κ1) is 23.9. The van der Waals surface area contributed by atoms with Crippen molar-refractivity contribution in [3.05, 3.63) is 52.8 Å². The van der Waals surface area contributed by atoms with Gasteiger partial charge in [-0.05, 0) is 49.9 Å². The molecule has 0 spiro atoms. The summed E-state index contributed by atoms with van der Waals surface area (Å²) in [4.78, 5) is 18.1. The first-order chi connectivity index (χ1) is 13.0. The summed E-state index contributed by atoms with van der Waals surface area (Å²) in [7, 11) is 3.51. The zero-order chi connectivity index (χ0) is 19.6. The molecule has 28 heavy (non-hydrogen) atoms. The number of nitrogens with one attached hydrogen (secondary N) is 3. The van der Waals surface area contributed by atoms with Crippen LogP contribution in [0.2, 0.25) is 0 Å². The molecule has 2 rings (SSSR count). The minimum absolute atomic E-state index is 0. The quantitative estimate of drug-likeness (QED) is 0.226. The fraction of sp³-hybridized carbons (Fsp3) is 0.450. The van der Waals surface area contributed by atoms with Crippen molar-refractivity contribution in [2.75, 3.05) is 27.2 Å². The minimum atomic E-state index is 0. The van der Waals surface area contributed by atoms with Gasteiger partial charge in [-0.15, -0.1) is 24.0 Å². The average Bonchev–Trinajstić information content (AvgIpc) is 3.07. The molecule has 0 atom stereocenters. The van der Waals surface area contributed by atoms with Gasteiger partial charge in [-0.3, -0.25) is 9.89 Å². The maximum absolute atomic E-state index is 11.9. The number of rotatable bonds is 8. The lowest BCUT2D eigenvalue weighted by atomic mass is 10.1. The number of aryl methyl sites for hydroxylation is 2. The number of aliphatic imine (C=N–C) groups is 1. The molecule has 0 aliphatic carbocycles. The Hall–Kier alpha value is -2.10. The van der Waals surface area contributed by atoms with Crippen LogP contribution >= 0.6 is 24.0 Å². The molecular weight excluding hydrogens is 467 g/mol. The van der Waals surface area contributed by atoms with Crippen LogP contribution in [0.1, 0.15) is 40.5 Å². The Morgan fingerprint density at radius 3 is 2.50 bits per heavy atom. The summed E-state index contributed by atoms with van der Waals surface area (Å²) >= 11 is 0. The number of hydrogen-bond acceptors (Lipinski definition) is 3. The molecule has 1 aromatic heterocycles. The maximum atomic E-state index is 11.9. The highest BCUT2D eigenvalue weighted by Gasteiger charge is 2.07. The normalized spacial score (nSPS) is 10.9. The van der Waals surface area contributed by atoms with Crippen LogP contribution in [0.3, 0.4) is 0 Å². The van der Waals surface area contributed by atoms with Crippen LogP contribution in [0.5, 0.6) is 0 Å². The fourth-order valence-corrected chi connectivity index (χ4v) is 2.64. The van der Waals surface area contributed by atoms with Gasteiger partial charge in [-0.2, -0.15) is 5.10 Å². The smallest absolute Gasteiger partial charge is 0.253 e. The predicted octanol–water partition coefficient (Wildman–Crippen LogP) is 2.73. The number of benzene rings is 1. The van der Waals surface area contributed by atoms with E-state index in [-0.39, 0.29) is 29.9 Å². The molecule has 0 radical (unpaired) electrons. The summed E-state index contributed by atoms with van der Waals surface area (Å²) < 4.78 is 0. The van der Waals surface area contributed by atoms with E-state index in [4.69, 9.17) is 0 Å². The second-order valence-electron chi connectivity index (χ2n) is 6.64. The van der Waals surface area contributed by atoms with E-state index < -0.39 is 0 Å². The van der Waals surface area contributed by atoms with Crippen molar-refractivity contribution in [3.63, 3.8) is 0 Å². The standard InChI is InChI=1S/C20H30N6O.HI/c1-5-21-20(22-12-6-7-18-14-24-25-15(18)2)23-13-16-8-10-17(11-9-16)19(27)26(3)4;/h8-11,14H,5-7,12-13H2,1-4H3,(H,24,25)(H2,21,22,23);1H. The summed E-state index contributed by atoms with van der Waals surface area (Å²) in [6, 6.07) is 7.60. The monoisotopic (exact) mass is 498 g/mol. The number of amides is 1. The van der Waals surface area contributed by atoms with Gasteiger partial charge in [-0.1, -0.05) is 12.1 Å². The van der Waals surface area contributed by atoms with Crippen LogP contribution in [-0.2, 0) is 13.0 Å². The predicted molar refractivity (Wildman–Crippen MR) is 124 cm³/mol. The van der Waals surface area contributed by atoms with E-state index in [1.54, 1.807) is 19.0 Å². The summed E-state index contributed by atoms with van der Waals surface area (Å²) in [6.07, 6.45) is 3.88. The molecule has 1 amide bonds. The second kappa shape index (κ2) is 12.4. The molecule has 0 saturated heterocycles. The molecule has 1 aromatic carbocycles. The van der Waals surface area contributed by atoms with Gasteiger partial charge in [0.25, 0.3) is 5.91 Å². The fourth-order valence-electron chi connectivity index (χ4n) is 2.64. The first-order valence-corrected chi connectivity index (χ1v) is 9.33. The Labute approximate surface area is 184 Å². The number of nitrogens with zero attached hydrogens (tertiary/aromatic N) is 3. The Morgan fingerprint density at radius 2 is 1.93 bits per heavy atom. The molecule has 0 aliphatic heterocycles. The molecule has 154 valence electrons. The topological polar surface area (TPSA) is 85.4 Å². The molecule has 3 N–H and O–H groups in total. The number of aromatic nitrogens is 2. The number of aromatic amines is 1. The lowest BCUT2D eigenvalue weighted by molar-refractivity contribution is 0.0827. The Kier molecular flexibility index (Phi) is 10.6. The van der Waals surface area contributed by atoms with E-state index in [9.17, 15) is 4.79 Å². The molecule has 0 saturated carbocycles. The van der Waals surface area contributed by atoms with Gasteiger partial charge in [0.2, 0.25) is 0 Å². The van der Waals surface area contributed by atoms with Crippen molar-refractivity contribution in [3.8, 4) is 0 Å². The van der Waals surface area contributed by atoms with Gasteiger partial charge in [0.15, 0.2) is 5.96 Å². The van der Waals surface area contributed by atoms with Crippen LogP contribution in [0, 0.1) is 6.92 Å². The molecular formula is C20H31IN6O. The van der Waals surface area contributed by atoms with E-state index in [1.807, 2.05) is 44.3 Å². The minimum Gasteiger partial charge on any atom is -0.357 e. The van der Waals surface area contributed by atoms with Gasteiger partial charge < -0.3 is 15.5 Å². The third-order valence-electron chi connectivity index (χ3n) is 4.22. The largest absolute Gasteiger partial charge is 0.357 e. The Bertz CT molecular complexity index is 754. The summed E-state index contributed by atoms with van der Waals surface area (Å²) in [5.74, 6) is 0.808. The molecule has 0 fully saturated rings. The van der Waals surface area contributed by atoms with Gasteiger partial charge in [0.05, 0.1) is 12.7 Å². The van der Waals surface area contributed by atoms with Crippen LogP contribution in [-0.4, -0.2) is 54.1 Å². The molecule has 0 unspecified atom stereocenters. The third-order valence-corrected chi connectivity index (χ3v) is 4.22. The maximum Gasteiger partial charge on any atom is 0.253 e. The van der Waals surface area contributed by atoms with Crippen LogP contribution in [0.4, 0.5) is 0 Å². The molecule has 2 aromatic rings. The van der Waals surface area contributed by atoms with Crippen LogP contribution < -0.4 is 10.6 Å². The number of H-pyrrole nitrogens is 1. The van der Waals surface area contributed by atoms with Crippen molar-refractivity contribution < 1.29 is 4.79 Å². The zero-order valence-corrected chi connectivity index (χ0v) is 19.4. The number of carbonyl (C=O) groups is 1. The van der Waals surface area contributed by atoms with Gasteiger partial charge in [-0.25, -0.2) is 4.99 Å². The number of halogens is 1. The molecule has 8 heteroatoms. The highest BCUT2D eigenvalue weighted by Crippen LogP contribution is 2.08. The summed E-state index contributed by atoms with van der Waals surface area (Å²) in [5, 5.41) is 13.6. The van der Waals surface area contributed by atoms with Crippen molar-refractivity contribution in [1.29, 1.82) is 0 Å². The Morgan fingerprint density at radius 1 is 1.21 bits per heavy atom. The second-order valence-corrected chi connectivity index (χ2v) is 6.64. The van der Waals surface area contributed by atoms with E-state index in [0.29, 0.717) is 12.1 Å². The average molecular weight is 498 g/mol. The van der Waals surface area contributed by atoms with Crippen LogP contribution in [0.25, 0.3) is 0 Å². The summed E-state index contributed by atoms with van der Waals surface area (Å²) in [6.45, 7) is 6.30. The van der Waals surface area contributed by atoms with Crippen molar-refractivity contribution in [2.45, 2.75) is 33.2 Å². The van der Waals surface area contributed by atoms with Crippen molar-refractivity contribution >= 4 is 35.8 Å².